The van der Waals surface area contributed by atoms with Gasteiger partial charge in [0.15, 0.2) is 0 Å². The van der Waals surface area contributed by atoms with Gasteiger partial charge in [-0.2, -0.15) is 0 Å². The highest BCUT2D eigenvalue weighted by Crippen LogP contribution is 2.39. The molecular weight excluding hydrogens is 164 g/mol. The number of rotatable bonds is 1. The molecule has 13 heavy (non-hydrogen) atoms. The second-order valence-electron chi connectivity index (χ2n) is 3.72. The smallest absolute Gasteiger partial charge is 0.122 e. The van der Waals surface area contributed by atoms with Crippen LogP contribution in [-0.2, 0) is 17.6 Å². The molecule has 3 rings (SSSR count). The predicted molar refractivity (Wildman–Crippen MR) is 49.1 cm³/mol. The highest BCUT2D eigenvalue weighted by Gasteiger charge is 2.43. The fourth-order valence-corrected chi connectivity index (χ4v) is 2.18. The van der Waals surface area contributed by atoms with Crippen molar-refractivity contribution in [3.8, 4) is 5.75 Å². The van der Waals surface area contributed by atoms with E-state index in [9.17, 15) is 0 Å². The van der Waals surface area contributed by atoms with E-state index in [1.807, 2.05) is 6.07 Å². The second-order valence-corrected chi connectivity index (χ2v) is 3.72. The van der Waals surface area contributed by atoms with Gasteiger partial charge >= 0.3 is 0 Å². The van der Waals surface area contributed by atoms with Crippen LogP contribution in [0.5, 0.6) is 5.75 Å². The third kappa shape index (κ3) is 1.05. The Balaban J connectivity index is 2.07. The molecule has 1 heterocycles. The number of epoxide rings is 1. The number of benzene rings is 1. The maximum Gasteiger partial charge on any atom is 0.122 e. The van der Waals surface area contributed by atoms with Gasteiger partial charge in [0.1, 0.15) is 5.75 Å². The first-order chi connectivity index (χ1) is 6.38. The molecule has 2 atom stereocenters. The van der Waals surface area contributed by atoms with Crippen molar-refractivity contribution in [2.24, 2.45) is 0 Å². The quantitative estimate of drug-likeness (QED) is 0.606. The minimum Gasteiger partial charge on any atom is -0.496 e. The van der Waals surface area contributed by atoms with Crippen molar-refractivity contribution >= 4 is 0 Å². The Morgan fingerprint density at radius 2 is 2.15 bits per heavy atom. The van der Waals surface area contributed by atoms with E-state index in [2.05, 4.69) is 12.1 Å². The fourth-order valence-electron chi connectivity index (χ4n) is 2.18. The van der Waals surface area contributed by atoms with Gasteiger partial charge in [-0.15, -0.1) is 0 Å². The summed E-state index contributed by atoms with van der Waals surface area (Å²) in [5, 5.41) is 0. The van der Waals surface area contributed by atoms with Gasteiger partial charge in [-0.05, 0) is 11.6 Å². The van der Waals surface area contributed by atoms with E-state index in [0.717, 1.165) is 18.6 Å². The topological polar surface area (TPSA) is 21.8 Å². The van der Waals surface area contributed by atoms with Crippen LogP contribution in [0.4, 0.5) is 0 Å². The van der Waals surface area contributed by atoms with Gasteiger partial charge in [0, 0.05) is 18.4 Å². The molecule has 0 radical (unpaired) electrons. The van der Waals surface area contributed by atoms with Gasteiger partial charge in [-0.3, -0.25) is 0 Å². The molecule has 2 nitrogen and oxygen atoms in total. The minimum absolute atomic E-state index is 0.476. The Labute approximate surface area is 77.5 Å². The number of ether oxygens (including phenoxy) is 2. The van der Waals surface area contributed by atoms with Gasteiger partial charge < -0.3 is 9.47 Å². The summed E-state index contributed by atoms with van der Waals surface area (Å²) in [4.78, 5) is 0. The molecule has 1 aromatic carbocycles. The van der Waals surface area contributed by atoms with Crippen molar-refractivity contribution in [1.29, 1.82) is 0 Å². The van der Waals surface area contributed by atoms with Crippen LogP contribution in [0.3, 0.4) is 0 Å². The maximum atomic E-state index is 5.50. The molecule has 0 N–H and O–H groups in total. The lowest BCUT2D eigenvalue weighted by Gasteiger charge is -2.15. The van der Waals surface area contributed by atoms with E-state index in [1.165, 1.54) is 11.1 Å². The third-order valence-electron chi connectivity index (χ3n) is 2.96. The molecule has 1 saturated heterocycles. The van der Waals surface area contributed by atoms with E-state index < -0.39 is 0 Å². The van der Waals surface area contributed by atoms with Crippen molar-refractivity contribution < 1.29 is 9.47 Å². The van der Waals surface area contributed by atoms with Crippen molar-refractivity contribution in [2.75, 3.05) is 7.11 Å². The SMILES string of the molecule is COc1cccc2c1C[C@@H]1O[C@@H]1C2. The molecule has 1 aromatic rings. The second kappa shape index (κ2) is 2.48. The molecule has 1 fully saturated rings. The lowest BCUT2D eigenvalue weighted by Crippen LogP contribution is -2.12. The van der Waals surface area contributed by atoms with Crippen LogP contribution in [0.25, 0.3) is 0 Å². The van der Waals surface area contributed by atoms with Crippen LogP contribution < -0.4 is 4.74 Å². The molecule has 0 bridgehead atoms. The van der Waals surface area contributed by atoms with Gasteiger partial charge in [-0.25, -0.2) is 0 Å². The average molecular weight is 176 g/mol. The Kier molecular flexibility index (Phi) is 1.41. The van der Waals surface area contributed by atoms with Crippen molar-refractivity contribution in [3.05, 3.63) is 29.3 Å². The van der Waals surface area contributed by atoms with Gasteiger partial charge in [0.05, 0.1) is 19.3 Å². The summed E-state index contributed by atoms with van der Waals surface area (Å²) in [6.45, 7) is 0. The van der Waals surface area contributed by atoms with Crippen LogP contribution in [0, 0.1) is 0 Å². The Morgan fingerprint density at radius 3 is 3.00 bits per heavy atom. The summed E-state index contributed by atoms with van der Waals surface area (Å²) in [5.41, 5.74) is 2.75. The van der Waals surface area contributed by atoms with Crippen LogP contribution in [-0.4, -0.2) is 19.3 Å². The molecule has 0 unspecified atom stereocenters. The van der Waals surface area contributed by atoms with E-state index >= 15 is 0 Å². The minimum atomic E-state index is 0.476. The van der Waals surface area contributed by atoms with Crippen LogP contribution >= 0.6 is 0 Å². The van der Waals surface area contributed by atoms with Crippen molar-refractivity contribution in [2.45, 2.75) is 25.0 Å². The van der Waals surface area contributed by atoms with E-state index in [0.29, 0.717) is 12.2 Å². The largest absolute Gasteiger partial charge is 0.496 e. The van der Waals surface area contributed by atoms with Crippen LogP contribution in [0.2, 0.25) is 0 Å². The molecule has 68 valence electrons. The zero-order valence-electron chi connectivity index (χ0n) is 7.62. The van der Waals surface area contributed by atoms with Gasteiger partial charge in [0.25, 0.3) is 0 Å². The first-order valence-corrected chi connectivity index (χ1v) is 4.68. The van der Waals surface area contributed by atoms with Crippen molar-refractivity contribution in [1.82, 2.24) is 0 Å². The number of hydrogen-bond acceptors (Lipinski definition) is 2. The van der Waals surface area contributed by atoms with Crippen molar-refractivity contribution in [3.63, 3.8) is 0 Å². The number of hydrogen-bond donors (Lipinski definition) is 0. The summed E-state index contributed by atoms with van der Waals surface area (Å²) >= 11 is 0. The molecule has 0 saturated carbocycles. The molecular formula is C11H12O2. The molecule has 1 aliphatic carbocycles. The lowest BCUT2D eigenvalue weighted by atomic mass is 9.91. The van der Waals surface area contributed by atoms with E-state index in [-0.39, 0.29) is 0 Å². The normalized spacial score (nSPS) is 29.0. The van der Waals surface area contributed by atoms with E-state index in [4.69, 9.17) is 9.47 Å². The standard InChI is InChI=1S/C11H12O2/c1-12-9-4-2-3-7-5-10-11(13-10)6-8(7)9/h2-4,10-11H,5-6H2,1H3/t10-,11+/m1/s1. The van der Waals surface area contributed by atoms with Gasteiger partial charge in [-0.1, -0.05) is 12.1 Å². The summed E-state index contributed by atoms with van der Waals surface area (Å²) in [6, 6.07) is 6.26. The number of fused-ring (bicyclic) bond motifs is 2. The third-order valence-corrected chi connectivity index (χ3v) is 2.96. The summed E-state index contributed by atoms with van der Waals surface area (Å²) in [7, 11) is 1.73. The summed E-state index contributed by atoms with van der Waals surface area (Å²) in [5.74, 6) is 1.02. The highest BCUT2D eigenvalue weighted by molar-refractivity contribution is 5.44. The maximum absolute atomic E-state index is 5.50. The Hall–Kier alpha value is -1.02. The molecule has 0 spiro atoms. The van der Waals surface area contributed by atoms with Crippen LogP contribution in [0.1, 0.15) is 11.1 Å². The Bertz CT molecular complexity index is 346. The zero-order valence-corrected chi connectivity index (χ0v) is 7.62. The molecule has 0 amide bonds. The fraction of sp³-hybridized carbons (Fsp3) is 0.455. The summed E-state index contributed by atoms with van der Waals surface area (Å²) < 4.78 is 10.8. The molecule has 0 aromatic heterocycles. The van der Waals surface area contributed by atoms with E-state index in [1.54, 1.807) is 7.11 Å². The average Bonchev–Trinajstić information content (AvgIpc) is 2.91. The van der Waals surface area contributed by atoms with Crippen LogP contribution in [0.15, 0.2) is 18.2 Å². The molecule has 2 aliphatic rings. The lowest BCUT2D eigenvalue weighted by molar-refractivity contribution is 0.372. The zero-order chi connectivity index (χ0) is 8.84. The first kappa shape index (κ1) is 7.39. The van der Waals surface area contributed by atoms with Gasteiger partial charge in [0.2, 0.25) is 0 Å². The first-order valence-electron chi connectivity index (χ1n) is 4.68. The monoisotopic (exact) mass is 176 g/mol. The molecule has 2 heteroatoms. The number of methoxy groups -OCH3 is 1. The predicted octanol–water partition coefficient (Wildman–Crippen LogP) is 1.56. The Morgan fingerprint density at radius 1 is 1.31 bits per heavy atom. The summed E-state index contributed by atoms with van der Waals surface area (Å²) in [6.07, 6.45) is 3.07. The highest BCUT2D eigenvalue weighted by atomic mass is 16.6. The molecule has 1 aliphatic heterocycles.